The molecule has 1 N–H and O–H groups in total. The van der Waals surface area contributed by atoms with Gasteiger partial charge in [0.2, 0.25) is 0 Å². The van der Waals surface area contributed by atoms with E-state index < -0.39 is 11.7 Å². The summed E-state index contributed by atoms with van der Waals surface area (Å²) < 4.78 is 39.1. The normalized spacial score (nSPS) is 16.9. The van der Waals surface area contributed by atoms with Crippen LogP contribution in [0.1, 0.15) is 29.5 Å². The van der Waals surface area contributed by atoms with E-state index in [0.29, 0.717) is 5.56 Å². The molecule has 0 bridgehead atoms. The third kappa shape index (κ3) is 5.06. The first-order valence-corrected chi connectivity index (χ1v) is 8.67. The quantitative estimate of drug-likeness (QED) is 0.858. The van der Waals surface area contributed by atoms with Crippen LogP contribution in [0.4, 0.5) is 13.2 Å². The van der Waals surface area contributed by atoms with Gasteiger partial charge in [0.25, 0.3) is 0 Å². The average Bonchev–Trinajstić information content (AvgIpc) is 2.61. The Hall–Kier alpha value is -1.85. The molecule has 1 aliphatic rings. The zero-order valence-electron chi connectivity index (χ0n) is 14.1. The minimum atomic E-state index is -4.29. The van der Waals surface area contributed by atoms with Crippen molar-refractivity contribution < 1.29 is 13.2 Å². The van der Waals surface area contributed by atoms with Gasteiger partial charge in [0.1, 0.15) is 0 Å². The van der Waals surface area contributed by atoms with E-state index >= 15 is 0 Å². The van der Waals surface area contributed by atoms with E-state index in [2.05, 4.69) is 22.3 Å². The number of nitrogens with zero attached hydrogens (tertiary/aromatic N) is 1. The first-order valence-electron chi connectivity index (χ1n) is 8.67. The Morgan fingerprint density at radius 1 is 0.920 bits per heavy atom. The van der Waals surface area contributed by atoms with Gasteiger partial charge < -0.3 is 5.32 Å². The maximum atomic E-state index is 13.0. The minimum Gasteiger partial charge on any atom is -0.310 e. The molecule has 134 valence electrons. The van der Waals surface area contributed by atoms with Crippen LogP contribution in [-0.2, 0) is 19.3 Å². The molecule has 2 aromatic carbocycles. The molecule has 0 atom stereocenters. The van der Waals surface area contributed by atoms with Gasteiger partial charge in [0.05, 0.1) is 5.56 Å². The summed E-state index contributed by atoms with van der Waals surface area (Å²) in [4.78, 5) is 2.40. The van der Waals surface area contributed by atoms with Crippen LogP contribution in [0.15, 0.2) is 54.6 Å². The summed E-state index contributed by atoms with van der Waals surface area (Å²) in [7, 11) is 0. The maximum Gasteiger partial charge on any atom is 0.416 e. The highest BCUT2D eigenvalue weighted by Crippen LogP contribution is 2.31. The van der Waals surface area contributed by atoms with Gasteiger partial charge >= 0.3 is 6.18 Å². The molecule has 1 aliphatic heterocycles. The number of piperidine rings is 1. The lowest BCUT2D eigenvalue weighted by Crippen LogP contribution is -2.42. The molecule has 5 heteroatoms. The third-order valence-electron chi connectivity index (χ3n) is 4.74. The summed E-state index contributed by atoms with van der Waals surface area (Å²) in [5, 5.41) is 3.31. The fourth-order valence-corrected chi connectivity index (χ4v) is 3.34. The van der Waals surface area contributed by atoms with Crippen LogP contribution in [0.2, 0.25) is 0 Å². The van der Waals surface area contributed by atoms with Crippen LogP contribution in [0, 0.1) is 0 Å². The number of hydrogen-bond donors (Lipinski definition) is 1. The van der Waals surface area contributed by atoms with Gasteiger partial charge in [0.15, 0.2) is 0 Å². The molecule has 0 spiro atoms. The number of halogens is 3. The summed E-state index contributed by atoms with van der Waals surface area (Å²) >= 11 is 0. The number of alkyl halides is 3. The van der Waals surface area contributed by atoms with Crippen LogP contribution >= 0.6 is 0 Å². The Bertz CT molecular complexity index is 662. The predicted octanol–water partition coefficient (Wildman–Crippen LogP) is 4.46. The second-order valence-electron chi connectivity index (χ2n) is 6.57. The zero-order chi connectivity index (χ0) is 17.7. The van der Waals surface area contributed by atoms with E-state index in [0.717, 1.165) is 38.5 Å². The van der Waals surface area contributed by atoms with Crippen molar-refractivity contribution in [3.63, 3.8) is 0 Å². The first-order chi connectivity index (χ1) is 12.0. The number of hydrogen-bond acceptors (Lipinski definition) is 2. The van der Waals surface area contributed by atoms with Crippen molar-refractivity contribution >= 4 is 0 Å². The first kappa shape index (κ1) is 18.0. The van der Waals surface area contributed by atoms with Crippen LogP contribution in [-0.4, -0.2) is 24.0 Å². The third-order valence-corrected chi connectivity index (χ3v) is 4.74. The number of likely N-dealkylation sites (tertiary alicyclic amines) is 1. The lowest BCUT2D eigenvalue weighted by atomic mass is 10.0. The van der Waals surface area contributed by atoms with Gasteiger partial charge in [0, 0.05) is 19.1 Å². The molecule has 0 aromatic heterocycles. The molecule has 3 rings (SSSR count). The number of rotatable bonds is 5. The average molecular weight is 348 g/mol. The van der Waals surface area contributed by atoms with Crippen LogP contribution in [0.25, 0.3) is 0 Å². The van der Waals surface area contributed by atoms with E-state index in [1.54, 1.807) is 12.1 Å². The van der Waals surface area contributed by atoms with Gasteiger partial charge in [-0.25, -0.2) is 0 Å². The number of nitrogens with one attached hydrogen (secondary N) is 1. The summed E-state index contributed by atoms with van der Waals surface area (Å²) in [6.45, 7) is 3.13. The zero-order valence-corrected chi connectivity index (χ0v) is 14.1. The maximum absolute atomic E-state index is 13.0. The Morgan fingerprint density at radius 3 is 2.24 bits per heavy atom. The smallest absolute Gasteiger partial charge is 0.310 e. The van der Waals surface area contributed by atoms with Crippen molar-refractivity contribution in [3.05, 3.63) is 71.3 Å². The Balaban J connectivity index is 1.49. The van der Waals surface area contributed by atoms with Crippen LogP contribution in [0.3, 0.4) is 0 Å². The van der Waals surface area contributed by atoms with Crippen molar-refractivity contribution in [2.45, 2.75) is 38.1 Å². The summed E-state index contributed by atoms with van der Waals surface area (Å²) in [5.74, 6) is 0. The molecule has 2 nitrogen and oxygen atoms in total. The van der Waals surface area contributed by atoms with Crippen molar-refractivity contribution in [1.29, 1.82) is 0 Å². The SMILES string of the molecule is FC(F)(F)c1ccccc1CNC1CCN(Cc2ccccc2)CC1. The van der Waals surface area contributed by atoms with Crippen LogP contribution < -0.4 is 5.32 Å². The van der Waals surface area contributed by atoms with Crippen molar-refractivity contribution in [1.82, 2.24) is 10.2 Å². The second-order valence-corrected chi connectivity index (χ2v) is 6.57. The van der Waals surface area contributed by atoms with Gasteiger partial charge in [-0.1, -0.05) is 48.5 Å². The van der Waals surface area contributed by atoms with E-state index in [9.17, 15) is 13.2 Å². The highest BCUT2D eigenvalue weighted by molar-refractivity contribution is 5.29. The van der Waals surface area contributed by atoms with Crippen molar-refractivity contribution in [2.24, 2.45) is 0 Å². The molecule has 0 saturated carbocycles. The van der Waals surface area contributed by atoms with Gasteiger partial charge in [-0.05, 0) is 43.1 Å². The molecule has 0 aliphatic carbocycles. The van der Waals surface area contributed by atoms with Gasteiger partial charge in [-0.3, -0.25) is 4.90 Å². The lowest BCUT2D eigenvalue weighted by molar-refractivity contribution is -0.138. The molecule has 1 fully saturated rings. The fraction of sp³-hybridized carbons (Fsp3) is 0.400. The topological polar surface area (TPSA) is 15.3 Å². The summed E-state index contributed by atoms with van der Waals surface area (Å²) in [5.41, 5.74) is 1.08. The minimum absolute atomic E-state index is 0.263. The highest BCUT2D eigenvalue weighted by atomic mass is 19.4. The second kappa shape index (κ2) is 8.02. The Kier molecular flexibility index (Phi) is 5.76. The molecule has 0 unspecified atom stereocenters. The summed E-state index contributed by atoms with van der Waals surface area (Å²) in [6, 6.07) is 16.4. The van der Waals surface area contributed by atoms with Gasteiger partial charge in [-0.15, -0.1) is 0 Å². The Morgan fingerprint density at radius 2 is 1.56 bits per heavy atom. The number of benzene rings is 2. The largest absolute Gasteiger partial charge is 0.416 e. The lowest BCUT2D eigenvalue weighted by Gasteiger charge is -2.32. The molecule has 2 aromatic rings. The Labute approximate surface area is 146 Å². The molecule has 0 radical (unpaired) electrons. The van der Waals surface area contributed by atoms with E-state index in [-0.39, 0.29) is 12.6 Å². The van der Waals surface area contributed by atoms with Crippen molar-refractivity contribution in [3.8, 4) is 0 Å². The molecular weight excluding hydrogens is 325 g/mol. The predicted molar refractivity (Wildman–Crippen MR) is 93.0 cm³/mol. The molecule has 1 heterocycles. The standard InChI is InChI=1S/C20H23F3N2/c21-20(22,23)19-9-5-4-8-17(19)14-24-18-10-12-25(13-11-18)15-16-6-2-1-3-7-16/h1-9,18,24H,10-15H2. The van der Waals surface area contributed by atoms with Gasteiger partial charge in [-0.2, -0.15) is 13.2 Å². The van der Waals surface area contributed by atoms with Crippen molar-refractivity contribution in [2.75, 3.05) is 13.1 Å². The van der Waals surface area contributed by atoms with E-state index in [1.165, 1.54) is 11.6 Å². The van der Waals surface area contributed by atoms with E-state index in [4.69, 9.17) is 0 Å². The molecular formula is C20H23F3N2. The van der Waals surface area contributed by atoms with E-state index in [1.807, 2.05) is 18.2 Å². The fourth-order valence-electron chi connectivity index (χ4n) is 3.34. The molecule has 25 heavy (non-hydrogen) atoms. The highest BCUT2D eigenvalue weighted by Gasteiger charge is 2.32. The van der Waals surface area contributed by atoms with Crippen LogP contribution in [0.5, 0.6) is 0 Å². The molecule has 1 saturated heterocycles. The summed E-state index contributed by atoms with van der Waals surface area (Å²) in [6.07, 6.45) is -2.38. The monoisotopic (exact) mass is 348 g/mol. The molecule has 0 amide bonds.